The summed E-state index contributed by atoms with van der Waals surface area (Å²) in [6.07, 6.45) is 1.94. The number of hydrogen-bond acceptors (Lipinski definition) is 10. The van der Waals surface area contributed by atoms with Crippen LogP contribution in [0.25, 0.3) is 0 Å². The molecule has 0 aromatic heterocycles. The number of methoxy groups -OCH3 is 1. The van der Waals surface area contributed by atoms with Crippen molar-refractivity contribution < 1.29 is 48.6 Å². The summed E-state index contributed by atoms with van der Waals surface area (Å²) in [7, 11) is 5.52. The molecule has 1 unspecified atom stereocenters. The van der Waals surface area contributed by atoms with E-state index in [4.69, 9.17) is 34.2 Å². The summed E-state index contributed by atoms with van der Waals surface area (Å²) < 4.78 is 16.8. The zero-order valence-corrected chi connectivity index (χ0v) is 27.5. The smallest absolute Gasteiger partial charge is 0.328 e. The molecule has 5 rings (SSSR count). The number of likely N-dealkylation sites (N-methyl/N-ethyl adjacent to an activating group) is 2. The second-order valence-corrected chi connectivity index (χ2v) is 12.3. The lowest BCUT2D eigenvalue weighted by Crippen LogP contribution is -2.44. The van der Waals surface area contributed by atoms with E-state index < -0.39 is 16.7 Å². The van der Waals surface area contributed by atoms with Gasteiger partial charge in [0.1, 0.15) is 35.2 Å². The zero-order chi connectivity index (χ0) is 34.0. The Kier molecular flexibility index (Phi) is 12.1. The second-order valence-electron chi connectivity index (χ2n) is 10.8. The van der Waals surface area contributed by atoms with E-state index in [-0.39, 0.29) is 5.91 Å². The van der Waals surface area contributed by atoms with Crippen LogP contribution in [-0.4, -0.2) is 80.5 Å². The van der Waals surface area contributed by atoms with Crippen LogP contribution in [0.2, 0.25) is 0 Å². The van der Waals surface area contributed by atoms with Gasteiger partial charge in [-0.25, -0.2) is 9.59 Å². The average Bonchev–Trinajstić information content (AvgIpc) is 3.53. The highest BCUT2D eigenvalue weighted by Gasteiger charge is 2.45. The van der Waals surface area contributed by atoms with Crippen LogP contribution < -0.4 is 24.0 Å². The third kappa shape index (κ3) is 9.18. The van der Waals surface area contributed by atoms with E-state index in [1.54, 1.807) is 23.8 Å². The van der Waals surface area contributed by atoms with E-state index in [0.29, 0.717) is 49.2 Å². The standard InChI is InChI=1S/C30H34N2O6S.C4H4O4/c1-30(29(33)32(3)25-8-5-6-9-28(25)39-30)24-18-22(34-4)12-13-26(24)36-16-7-14-31(2)15-17-35-23-11-10-21-20-37-38-27(21)19-23;5-3(6)1-2-4(7)8/h5-6,8-13,18-19H,7,14-17,20H2,1-4H3;1-2H,(H,5,6)(H,7,8)/b;2-1+. The Morgan fingerprint density at radius 1 is 1.00 bits per heavy atom. The van der Waals surface area contributed by atoms with Crippen LogP contribution in [0, 0.1) is 0 Å². The molecular weight excluding hydrogens is 628 g/mol. The van der Waals surface area contributed by atoms with E-state index >= 15 is 0 Å². The van der Waals surface area contributed by atoms with Gasteiger partial charge in [0.25, 0.3) is 0 Å². The Hall–Kier alpha value is -4.72. The molecule has 0 radical (unpaired) electrons. The number of rotatable bonds is 13. The Bertz CT molecular complexity index is 1600. The summed E-state index contributed by atoms with van der Waals surface area (Å²) in [4.78, 5) is 47.8. The molecule has 250 valence electrons. The minimum Gasteiger partial charge on any atom is -0.497 e. The van der Waals surface area contributed by atoms with Gasteiger partial charge in [-0.15, -0.1) is 11.8 Å². The number of amides is 1. The van der Waals surface area contributed by atoms with Gasteiger partial charge in [-0.05, 0) is 62.9 Å². The first-order valence-electron chi connectivity index (χ1n) is 14.8. The number of hydrogen-bond donors (Lipinski definition) is 2. The van der Waals surface area contributed by atoms with Crippen molar-refractivity contribution in [2.45, 2.75) is 29.6 Å². The van der Waals surface area contributed by atoms with Gasteiger partial charge in [-0.3, -0.25) is 4.79 Å². The summed E-state index contributed by atoms with van der Waals surface area (Å²) in [6.45, 7) is 5.13. The predicted octanol–water partition coefficient (Wildman–Crippen LogP) is 4.99. The summed E-state index contributed by atoms with van der Waals surface area (Å²) in [5, 5.41) is 15.6. The Labute approximate surface area is 277 Å². The SMILES string of the molecule is COc1ccc(OCCCN(C)CCOc2ccc3c(c2)OOC3)c(C2(C)Sc3ccccc3N(C)C2=O)c1.O=C(O)/C=C/C(=O)O. The van der Waals surface area contributed by atoms with Gasteiger partial charge in [-0.2, -0.15) is 4.89 Å². The molecular formula is C34H38N2O10S. The average molecular weight is 667 g/mol. The predicted molar refractivity (Wildman–Crippen MR) is 175 cm³/mol. The van der Waals surface area contributed by atoms with Gasteiger partial charge in [0.15, 0.2) is 5.75 Å². The molecule has 1 atom stereocenters. The number of benzene rings is 3. The van der Waals surface area contributed by atoms with Gasteiger partial charge >= 0.3 is 11.9 Å². The number of thioether (sulfide) groups is 1. The number of ether oxygens (including phenoxy) is 3. The first-order valence-corrected chi connectivity index (χ1v) is 15.6. The molecule has 0 aliphatic carbocycles. The molecule has 0 saturated carbocycles. The minimum atomic E-state index is -1.26. The number of carboxylic acids is 2. The molecule has 0 bridgehead atoms. The van der Waals surface area contributed by atoms with Crippen molar-refractivity contribution in [3.8, 4) is 23.0 Å². The van der Waals surface area contributed by atoms with Crippen LogP contribution in [0.15, 0.2) is 77.7 Å². The highest BCUT2D eigenvalue weighted by Crippen LogP contribution is 2.52. The second kappa shape index (κ2) is 16.2. The topological polar surface area (TPSA) is 144 Å². The lowest BCUT2D eigenvalue weighted by atomic mass is 9.96. The molecule has 0 spiro atoms. The fourth-order valence-corrected chi connectivity index (χ4v) is 6.28. The van der Waals surface area contributed by atoms with Crippen LogP contribution in [0.4, 0.5) is 5.69 Å². The summed E-state index contributed by atoms with van der Waals surface area (Å²) >= 11 is 1.55. The number of aliphatic carboxylic acids is 2. The number of carbonyl (C=O) groups excluding carboxylic acids is 1. The molecule has 13 heteroatoms. The molecule has 2 N–H and O–H groups in total. The summed E-state index contributed by atoms with van der Waals surface area (Å²) in [5.74, 6) is 0.358. The Morgan fingerprint density at radius 3 is 2.45 bits per heavy atom. The largest absolute Gasteiger partial charge is 0.497 e. The van der Waals surface area contributed by atoms with Crippen LogP contribution in [0.5, 0.6) is 23.0 Å². The molecule has 2 heterocycles. The zero-order valence-electron chi connectivity index (χ0n) is 26.6. The van der Waals surface area contributed by atoms with Gasteiger partial charge in [-0.1, -0.05) is 12.1 Å². The van der Waals surface area contributed by atoms with Gasteiger partial charge < -0.3 is 39.1 Å². The molecule has 2 aliphatic heterocycles. The van der Waals surface area contributed by atoms with Gasteiger partial charge in [0, 0.05) is 54.4 Å². The third-order valence-corrected chi connectivity index (χ3v) is 8.78. The van der Waals surface area contributed by atoms with Crippen molar-refractivity contribution in [1.82, 2.24) is 4.90 Å². The molecule has 3 aromatic rings. The number of para-hydroxylation sites is 1. The molecule has 0 saturated heterocycles. The van der Waals surface area contributed by atoms with E-state index in [2.05, 4.69) is 11.9 Å². The molecule has 12 nitrogen and oxygen atoms in total. The first-order chi connectivity index (χ1) is 22.5. The third-order valence-electron chi connectivity index (χ3n) is 7.41. The Balaban J connectivity index is 0.000000555. The van der Waals surface area contributed by atoms with Crippen molar-refractivity contribution in [3.63, 3.8) is 0 Å². The fraction of sp³-hybridized carbons (Fsp3) is 0.324. The fourth-order valence-electron chi connectivity index (χ4n) is 4.89. The highest BCUT2D eigenvalue weighted by molar-refractivity contribution is 8.01. The van der Waals surface area contributed by atoms with Crippen molar-refractivity contribution in [2.75, 3.05) is 52.4 Å². The van der Waals surface area contributed by atoms with Crippen molar-refractivity contribution >= 4 is 35.3 Å². The number of fused-ring (bicyclic) bond motifs is 2. The molecule has 0 fully saturated rings. The maximum atomic E-state index is 13.6. The number of carboxylic acid groups (broad SMARTS) is 2. The quantitative estimate of drug-likeness (QED) is 0.144. The van der Waals surface area contributed by atoms with E-state index in [9.17, 15) is 14.4 Å². The number of carbonyl (C=O) groups is 3. The van der Waals surface area contributed by atoms with Gasteiger partial charge in [0.2, 0.25) is 5.91 Å². The molecule has 1 amide bonds. The van der Waals surface area contributed by atoms with Crippen molar-refractivity contribution in [3.05, 3.63) is 83.9 Å². The van der Waals surface area contributed by atoms with Gasteiger partial charge in [0.05, 0.1) is 19.4 Å². The Morgan fingerprint density at radius 2 is 1.72 bits per heavy atom. The van der Waals surface area contributed by atoms with Crippen LogP contribution in [0.3, 0.4) is 0 Å². The summed E-state index contributed by atoms with van der Waals surface area (Å²) in [5.41, 5.74) is 2.75. The van der Waals surface area contributed by atoms with E-state index in [0.717, 1.165) is 47.0 Å². The minimum absolute atomic E-state index is 0.00601. The normalized spacial score (nSPS) is 16.5. The van der Waals surface area contributed by atoms with E-state index in [1.807, 2.05) is 74.6 Å². The monoisotopic (exact) mass is 666 g/mol. The van der Waals surface area contributed by atoms with Crippen LogP contribution in [0.1, 0.15) is 24.5 Å². The highest BCUT2D eigenvalue weighted by atomic mass is 32.2. The lowest BCUT2D eigenvalue weighted by molar-refractivity contribution is -0.194. The molecule has 47 heavy (non-hydrogen) atoms. The van der Waals surface area contributed by atoms with Crippen LogP contribution >= 0.6 is 11.8 Å². The lowest BCUT2D eigenvalue weighted by Gasteiger charge is -2.39. The first kappa shape index (κ1) is 35.1. The van der Waals surface area contributed by atoms with Crippen LogP contribution in [-0.2, 0) is 30.6 Å². The summed E-state index contributed by atoms with van der Waals surface area (Å²) in [6, 6.07) is 19.4. The maximum absolute atomic E-state index is 13.6. The van der Waals surface area contributed by atoms with Crippen molar-refractivity contribution in [1.29, 1.82) is 0 Å². The molecule has 3 aromatic carbocycles. The van der Waals surface area contributed by atoms with E-state index in [1.165, 1.54) is 0 Å². The molecule has 2 aliphatic rings. The number of anilines is 1. The maximum Gasteiger partial charge on any atom is 0.328 e. The van der Waals surface area contributed by atoms with Crippen molar-refractivity contribution in [2.24, 2.45) is 0 Å². The number of nitrogens with zero attached hydrogens (tertiary/aromatic N) is 2.